The predicted octanol–water partition coefficient (Wildman–Crippen LogP) is 0.989. The topological polar surface area (TPSA) is 72.9 Å². The molecule has 0 amide bonds. The molecule has 0 radical (unpaired) electrons. The van der Waals surface area contributed by atoms with Crippen molar-refractivity contribution in [3.63, 3.8) is 0 Å². The molecule has 1 saturated heterocycles. The van der Waals surface area contributed by atoms with Crippen molar-refractivity contribution >= 4 is 12.4 Å². The number of likely N-dealkylation sites (tertiary alicyclic amines) is 1. The van der Waals surface area contributed by atoms with Gasteiger partial charge in [0.15, 0.2) is 5.82 Å². The van der Waals surface area contributed by atoms with Crippen molar-refractivity contribution in [2.24, 2.45) is 11.7 Å². The van der Waals surface area contributed by atoms with Crippen molar-refractivity contribution < 1.29 is 0 Å². The Kier molecular flexibility index (Phi) is 4.76. The molecule has 1 aromatic heterocycles. The van der Waals surface area contributed by atoms with E-state index in [-0.39, 0.29) is 12.4 Å². The van der Waals surface area contributed by atoms with Gasteiger partial charge in [-0.3, -0.25) is 4.90 Å². The number of piperidine rings is 1. The van der Waals surface area contributed by atoms with Crippen LogP contribution in [-0.4, -0.2) is 44.2 Å². The molecule has 1 aromatic rings. The molecule has 2 heterocycles. The highest BCUT2D eigenvalue weighted by Gasteiger charge is 2.31. The lowest BCUT2D eigenvalue weighted by atomic mass is 9.91. The molecular weight excluding hydrogens is 264 g/mol. The van der Waals surface area contributed by atoms with E-state index in [4.69, 9.17) is 5.73 Å². The Morgan fingerprint density at radius 3 is 2.79 bits per heavy atom. The Hall–Kier alpha value is -0.720. The Labute approximate surface area is 120 Å². The smallest absolute Gasteiger partial charge is 0.165 e. The maximum atomic E-state index is 5.92. The minimum absolute atomic E-state index is 0. The van der Waals surface area contributed by atoms with E-state index in [0.29, 0.717) is 18.0 Å². The second-order valence-electron chi connectivity index (χ2n) is 5.66. The highest BCUT2D eigenvalue weighted by Crippen LogP contribution is 2.35. The summed E-state index contributed by atoms with van der Waals surface area (Å²) in [5, 5.41) is 12.1. The van der Waals surface area contributed by atoms with Gasteiger partial charge in [0.05, 0.1) is 12.6 Å². The molecule has 19 heavy (non-hydrogen) atoms. The molecule has 6 nitrogen and oxygen atoms in total. The molecule has 1 saturated carbocycles. The van der Waals surface area contributed by atoms with E-state index in [1.54, 1.807) is 0 Å². The van der Waals surface area contributed by atoms with Crippen LogP contribution in [0.15, 0.2) is 0 Å². The number of tetrazole rings is 1. The van der Waals surface area contributed by atoms with Crippen molar-refractivity contribution in [3.05, 3.63) is 5.82 Å². The van der Waals surface area contributed by atoms with Crippen molar-refractivity contribution in [2.45, 2.75) is 51.2 Å². The van der Waals surface area contributed by atoms with E-state index >= 15 is 0 Å². The first-order chi connectivity index (χ1) is 8.79. The van der Waals surface area contributed by atoms with E-state index in [1.807, 2.05) is 4.68 Å². The predicted molar refractivity (Wildman–Crippen MR) is 75.0 cm³/mol. The Morgan fingerprint density at radius 1 is 1.32 bits per heavy atom. The molecule has 3 rings (SSSR count). The molecule has 108 valence electrons. The summed E-state index contributed by atoms with van der Waals surface area (Å²) in [5.41, 5.74) is 5.92. The fraction of sp³-hybridized carbons (Fsp3) is 0.917. The summed E-state index contributed by atoms with van der Waals surface area (Å²) in [6.07, 6.45) is 4.97. The molecule has 2 atom stereocenters. The molecule has 0 bridgehead atoms. The highest BCUT2D eigenvalue weighted by molar-refractivity contribution is 5.85. The second kappa shape index (κ2) is 6.15. The Balaban J connectivity index is 0.00000133. The second-order valence-corrected chi connectivity index (χ2v) is 5.66. The third-order valence-corrected chi connectivity index (χ3v) is 4.27. The monoisotopic (exact) mass is 286 g/mol. The van der Waals surface area contributed by atoms with Crippen LogP contribution in [0.4, 0.5) is 0 Å². The summed E-state index contributed by atoms with van der Waals surface area (Å²) < 4.78 is 2.01. The van der Waals surface area contributed by atoms with Crippen LogP contribution in [0.2, 0.25) is 0 Å². The van der Waals surface area contributed by atoms with E-state index in [2.05, 4.69) is 27.3 Å². The van der Waals surface area contributed by atoms with Crippen molar-refractivity contribution in [1.82, 2.24) is 25.1 Å². The zero-order valence-corrected chi connectivity index (χ0v) is 12.2. The zero-order valence-electron chi connectivity index (χ0n) is 11.4. The average molecular weight is 287 g/mol. The quantitative estimate of drug-likeness (QED) is 0.893. The number of halogens is 1. The SMILES string of the molecule is CC1CCCN(Cc2nnnn2C2CC2)C1CN.Cl. The number of hydrogen-bond acceptors (Lipinski definition) is 5. The maximum absolute atomic E-state index is 5.92. The first-order valence-electron chi connectivity index (χ1n) is 7.00. The summed E-state index contributed by atoms with van der Waals surface area (Å²) in [6.45, 7) is 4.99. The molecule has 2 aliphatic rings. The minimum atomic E-state index is 0. The molecule has 0 spiro atoms. The first-order valence-corrected chi connectivity index (χ1v) is 7.00. The summed E-state index contributed by atoms with van der Waals surface area (Å²) in [4.78, 5) is 2.46. The van der Waals surface area contributed by atoms with Gasteiger partial charge in [-0.15, -0.1) is 17.5 Å². The summed E-state index contributed by atoms with van der Waals surface area (Å²) in [7, 11) is 0. The van der Waals surface area contributed by atoms with Gasteiger partial charge in [0.25, 0.3) is 0 Å². The molecule has 2 fully saturated rings. The normalized spacial score (nSPS) is 28.1. The number of rotatable bonds is 4. The van der Waals surface area contributed by atoms with Gasteiger partial charge in [-0.2, -0.15) is 0 Å². The van der Waals surface area contributed by atoms with E-state index < -0.39 is 0 Å². The minimum Gasteiger partial charge on any atom is -0.329 e. The first kappa shape index (κ1) is 14.7. The zero-order chi connectivity index (χ0) is 12.5. The fourth-order valence-corrected chi connectivity index (χ4v) is 3.01. The number of aromatic nitrogens is 4. The lowest BCUT2D eigenvalue weighted by Gasteiger charge is -2.39. The van der Waals surface area contributed by atoms with Crippen LogP contribution in [0.3, 0.4) is 0 Å². The van der Waals surface area contributed by atoms with Crippen molar-refractivity contribution in [2.75, 3.05) is 13.1 Å². The third kappa shape index (κ3) is 3.07. The van der Waals surface area contributed by atoms with Crippen molar-refractivity contribution in [3.8, 4) is 0 Å². The van der Waals surface area contributed by atoms with Crippen LogP contribution < -0.4 is 5.73 Å². The highest BCUT2D eigenvalue weighted by atomic mass is 35.5. The van der Waals surface area contributed by atoms with Crippen LogP contribution in [0, 0.1) is 5.92 Å². The van der Waals surface area contributed by atoms with Gasteiger partial charge in [-0.05, 0) is 48.6 Å². The van der Waals surface area contributed by atoms with Crippen molar-refractivity contribution in [1.29, 1.82) is 0 Å². The van der Waals surface area contributed by atoms with Crippen LogP contribution >= 0.6 is 12.4 Å². The van der Waals surface area contributed by atoms with Gasteiger partial charge in [0.1, 0.15) is 0 Å². The van der Waals surface area contributed by atoms with Crippen LogP contribution in [-0.2, 0) is 6.54 Å². The largest absolute Gasteiger partial charge is 0.329 e. The summed E-state index contributed by atoms with van der Waals surface area (Å²) in [5.74, 6) is 1.68. The molecule has 2 N–H and O–H groups in total. The van der Waals surface area contributed by atoms with Gasteiger partial charge in [0.2, 0.25) is 0 Å². The number of hydrogen-bond donors (Lipinski definition) is 1. The van der Waals surface area contributed by atoms with Gasteiger partial charge >= 0.3 is 0 Å². The fourth-order valence-electron chi connectivity index (χ4n) is 3.01. The van der Waals surface area contributed by atoms with Crippen LogP contribution in [0.5, 0.6) is 0 Å². The molecular formula is C12H23ClN6. The molecule has 1 aliphatic carbocycles. The molecule has 7 heteroatoms. The maximum Gasteiger partial charge on any atom is 0.165 e. The van der Waals surface area contributed by atoms with Gasteiger partial charge < -0.3 is 5.73 Å². The summed E-state index contributed by atoms with van der Waals surface area (Å²) >= 11 is 0. The summed E-state index contributed by atoms with van der Waals surface area (Å²) in [6, 6.07) is 1.02. The van der Waals surface area contributed by atoms with E-state index in [1.165, 1.54) is 25.7 Å². The van der Waals surface area contributed by atoms with Gasteiger partial charge in [-0.25, -0.2) is 4.68 Å². The number of nitrogens with zero attached hydrogens (tertiary/aromatic N) is 5. The van der Waals surface area contributed by atoms with E-state index in [9.17, 15) is 0 Å². The lowest BCUT2D eigenvalue weighted by Crippen LogP contribution is -2.48. The van der Waals surface area contributed by atoms with Crippen LogP contribution in [0.25, 0.3) is 0 Å². The van der Waals surface area contributed by atoms with Crippen LogP contribution in [0.1, 0.15) is 44.5 Å². The third-order valence-electron chi connectivity index (χ3n) is 4.27. The lowest BCUT2D eigenvalue weighted by molar-refractivity contribution is 0.0946. The standard InChI is InChI=1S/C12H22N6.ClH/c1-9-3-2-6-17(11(9)7-13)8-12-14-15-16-18(12)10-4-5-10;/h9-11H,2-8,13H2,1H3;1H. The molecule has 1 aliphatic heterocycles. The van der Waals surface area contributed by atoms with Gasteiger partial charge in [0, 0.05) is 12.6 Å². The van der Waals surface area contributed by atoms with E-state index in [0.717, 1.165) is 25.5 Å². The molecule has 0 aromatic carbocycles. The Morgan fingerprint density at radius 2 is 2.11 bits per heavy atom. The number of nitrogens with two attached hydrogens (primary N) is 1. The Bertz CT molecular complexity index is 405. The average Bonchev–Trinajstić information content (AvgIpc) is 3.11. The molecule has 2 unspecified atom stereocenters. The van der Waals surface area contributed by atoms with Gasteiger partial charge in [-0.1, -0.05) is 6.92 Å².